The highest BCUT2D eigenvalue weighted by Crippen LogP contribution is 2.41. The Kier molecular flexibility index (Phi) is 25.3. The lowest BCUT2D eigenvalue weighted by Gasteiger charge is -2.43. The van der Waals surface area contributed by atoms with Crippen LogP contribution in [0.1, 0.15) is 66.2 Å². The standard InChI is InChI=1S/2C30H33ClN2O7S/c2*1-3-5-18-39-26-11-13-27(14-12-26)41(37,38)22-30(28(34)35)15-17-33(25(4-2)21-30)16-6-7-19-40-29(36)32-24-10-8-9-23(31)20-24/h2*8-14,20,25H,4,15-19,21-22H2,1-2H3,(H,32,36)(H,34,35). The van der Waals surface area contributed by atoms with Gasteiger partial charge in [-0.2, -0.15) is 0 Å². The number of sulfone groups is 2. The molecule has 18 nitrogen and oxygen atoms in total. The number of benzene rings is 4. The number of nitrogens with zero attached hydrogens (tertiary/aromatic N) is 2. The van der Waals surface area contributed by atoms with E-state index in [1.54, 1.807) is 86.6 Å². The second-order valence-electron chi connectivity index (χ2n) is 19.2. The van der Waals surface area contributed by atoms with Crippen LogP contribution in [0, 0.1) is 58.2 Å². The molecule has 0 saturated carbocycles. The summed E-state index contributed by atoms with van der Waals surface area (Å²) in [5, 5.41) is 26.4. The summed E-state index contributed by atoms with van der Waals surface area (Å²) >= 11 is 11.8. The van der Waals surface area contributed by atoms with Crippen LogP contribution in [0.3, 0.4) is 0 Å². The molecule has 82 heavy (non-hydrogen) atoms. The van der Waals surface area contributed by atoms with E-state index in [0.717, 1.165) is 0 Å². The van der Waals surface area contributed by atoms with Gasteiger partial charge in [0.1, 0.15) is 24.7 Å². The summed E-state index contributed by atoms with van der Waals surface area (Å²) in [6.45, 7) is 8.81. The molecule has 2 fully saturated rings. The maximum Gasteiger partial charge on any atom is 0.412 e. The topological polar surface area (TPSA) is 244 Å². The minimum absolute atomic E-state index is 0.0489. The number of amides is 2. The largest absolute Gasteiger partial charge is 0.481 e. The van der Waals surface area contributed by atoms with E-state index in [1.165, 1.54) is 24.3 Å². The predicted molar refractivity (Wildman–Crippen MR) is 313 cm³/mol. The van der Waals surface area contributed by atoms with E-state index < -0.39 is 66.1 Å². The number of nitrogens with one attached hydrogen (secondary N) is 2. The third-order valence-electron chi connectivity index (χ3n) is 13.7. The molecule has 0 aromatic heterocycles. The van der Waals surface area contributed by atoms with Gasteiger partial charge in [-0.05, 0) is 137 Å². The number of rotatable bonds is 20. The number of carboxylic acid groups (broad SMARTS) is 2. The first-order valence-electron chi connectivity index (χ1n) is 26.1. The predicted octanol–water partition coefficient (Wildman–Crippen LogP) is 9.43. The zero-order valence-corrected chi connectivity index (χ0v) is 49.1. The van der Waals surface area contributed by atoms with Crippen LogP contribution in [0.2, 0.25) is 10.0 Å². The van der Waals surface area contributed by atoms with E-state index in [1.807, 2.05) is 23.6 Å². The van der Waals surface area contributed by atoms with Crippen molar-refractivity contribution in [3.8, 4) is 58.9 Å². The third kappa shape index (κ3) is 19.9. The number of ether oxygens (including phenoxy) is 4. The Morgan fingerprint density at radius 2 is 0.951 bits per heavy atom. The zero-order chi connectivity index (χ0) is 59.8. The summed E-state index contributed by atoms with van der Waals surface area (Å²) in [6.07, 6.45) is 0.608. The molecule has 4 unspecified atom stereocenters. The number of hydrogen-bond donors (Lipinski definition) is 4. The Balaban J connectivity index is 0.000000301. The van der Waals surface area contributed by atoms with Crippen LogP contribution >= 0.6 is 23.2 Å². The van der Waals surface area contributed by atoms with Crippen LogP contribution in [0.4, 0.5) is 21.0 Å². The van der Waals surface area contributed by atoms with Gasteiger partial charge in [-0.15, -0.1) is 11.8 Å². The monoisotopic (exact) mass is 1200 g/mol. The van der Waals surface area contributed by atoms with Gasteiger partial charge in [0.25, 0.3) is 0 Å². The van der Waals surface area contributed by atoms with Crippen molar-refractivity contribution >= 4 is 78.4 Å². The molecule has 2 heterocycles. The van der Waals surface area contributed by atoms with Gasteiger partial charge in [-0.1, -0.05) is 84.7 Å². The molecule has 4 N–H and O–H groups in total. The molecular formula is C60H66Cl2N4O14S2. The number of hydrogen-bond acceptors (Lipinski definition) is 14. The number of carboxylic acids is 2. The molecular weight excluding hydrogens is 1140 g/mol. The Morgan fingerprint density at radius 1 is 0.573 bits per heavy atom. The summed E-state index contributed by atoms with van der Waals surface area (Å²) in [5.41, 5.74) is -1.84. The summed E-state index contributed by atoms with van der Waals surface area (Å²) in [5.74, 6) is 20.2. The van der Waals surface area contributed by atoms with Crippen LogP contribution < -0.4 is 20.1 Å². The van der Waals surface area contributed by atoms with Crippen LogP contribution in [0.15, 0.2) is 107 Å². The van der Waals surface area contributed by atoms with Crippen molar-refractivity contribution in [2.24, 2.45) is 10.8 Å². The van der Waals surface area contributed by atoms with E-state index >= 15 is 0 Å². The molecule has 2 aliphatic rings. The van der Waals surface area contributed by atoms with E-state index in [0.29, 0.717) is 71.9 Å². The number of aliphatic carboxylic acids is 2. The molecule has 22 heteroatoms. The van der Waals surface area contributed by atoms with Crippen molar-refractivity contribution in [2.75, 3.05) is 74.7 Å². The van der Waals surface area contributed by atoms with E-state index in [9.17, 15) is 46.2 Å². The molecule has 2 amide bonds. The van der Waals surface area contributed by atoms with Gasteiger partial charge in [0, 0.05) is 46.6 Å². The highest BCUT2D eigenvalue weighted by Gasteiger charge is 2.49. The molecule has 0 spiro atoms. The van der Waals surface area contributed by atoms with Crippen LogP contribution in [0.5, 0.6) is 11.5 Å². The number of anilines is 2. The fourth-order valence-electron chi connectivity index (χ4n) is 9.26. The lowest BCUT2D eigenvalue weighted by molar-refractivity contribution is -0.152. The first kappa shape index (κ1) is 65.4. The smallest absolute Gasteiger partial charge is 0.412 e. The van der Waals surface area contributed by atoms with Crippen molar-refractivity contribution < 1.29 is 65.2 Å². The number of likely N-dealkylation sites (tertiary alicyclic amines) is 2. The molecule has 4 aromatic carbocycles. The van der Waals surface area contributed by atoms with E-state index in [-0.39, 0.29) is 74.0 Å². The first-order valence-corrected chi connectivity index (χ1v) is 30.2. The minimum Gasteiger partial charge on any atom is -0.481 e. The lowest BCUT2D eigenvalue weighted by atomic mass is 9.76. The molecule has 6 rings (SSSR count). The number of carbonyl (C=O) groups excluding carboxylic acids is 2. The fraction of sp³-hybridized carbons (Fsp3) is 0.400. The average Bonchev–Trinajstić information content (AvgIpc) is 3.29. The zero-order valence-electron chi connectivity index (χ0n) is 46.0. The van der Waals surface area contributed by atoms with Crippen molar-refractivity contribution in [3.63, 3.8) is 0 Å². The molecule has 0 radical (unpaired) electrons. The highest BCUT2D eigenvalue weighted by atomic mass is 35.5. The quantitative estimate of drug-likeness (QED) is 0.0602. The molecule has 436 valence electrons. The van der Waals surface area contributed by atoms with E-state index in [4.69, 9.17) is 42.1 Å². The van der Waals surface area contributed by atoms with Gasteiger partial charge in [0.15, 0.2) is 32.9 Å². The summed E-state index contributed by atoms with van der Waals surface area (Å²) in [7, 11) is -7.77. The molecule has 4 atom stereocenters. The van der Waals surface area contributed by atoms with Crippen molar-refractivity contribution in [1.82, 2.24) is 9.80 Å². The molecule has 2 aliphatic heterocycles. The maximum atomic E-state index is 13.3. The second-order valence-corrected chi connectivity index (χ2v) is 24.0. The Hall–Kier alpha value is -7.40. The fourth-order valence-corrected chi connectivity index (χ4v) is 13.3. The minimum atomic E-state index is -3.88. The normalized spacial score (nSPS) is 18.7. The lowest BCUT2D eigenvalue weighted by Crippen LogP contribution is -2.52. The van der Waals surface area contributed by atoms with Gasteiger partial charge in [-0.3, -0.25) is 30.0 Å². The highest BCUT2D eigenvalue weighted by molar-refractivity contribution is 7.91. The molecule has 0 aliphatic carbocycles. The van der Waals surface area contributed by atoms with Crippen LogP contribution in [-0.4, -0.2) is 137 Å². The van der Waals surface area contributed by atoms with Crippen molar-refractivity contribution in [3.05, 3.63) is 107 Å². The SMILES string of the molecule is CC#CCOc1ccc(S(=O)(=O)CC2(C(=O)O)CCN(CC#CCOC(=O)Nc3cccc(Cl)c3)C(CC)C2)cc1.CC#CCOc1ccc(S(=O)(=O)CC2(C(=O)O)CCN(CC#CCOC(=O)Nc3cccc(Cl)c3)C(CC)C2)cc1. The second kappa shape index (κ2) is 31.7. The Bertz CT molecular complexity index is 3130. The van der Waals surface area contributed by atoms with Crippen LogP contribution in [0.25, 0.3) is 0 Å². The molecule has 0 bridgehead atoms. The van der Waals surface area contributed by atoms with Gasteiger partial charge in [0.05, 0.1) is 45.2 Å². The average molecular weight is 1200 g/mol. The van der Waals surface area contributed by atoms with Gasteiger partial charge in [-0.25, -0.2) is 26.4 Å². The van der Waals surface area contributed by atoms with Gasteiger partial charge >= 0.3 is 24.1 Å². The summed E-state index contributed by atoms with van der Waals surface area (Å²) in [6, 6.07) is 24.9. The first-order chi connectivity index (χ1) is 39.2. The van der Waals surface area contributed by atoms with Gasteiger partial charge < -0.3 is 29.2 Å². The Morgan fingerprint density at radius 3 is 1.28 bits per heavy atom. The maximum absolute atomic E-state index is 13.3. The van der Waals surface area contributed by atoms with Gasteiger partial charge in [0.2, 0.25) is 0 Å². The number of carbonyl (C=O) groups is 4. The third-order valence-corrected chi connectivity index (χ3v) is 18.0. The molecule has 2 saturated heterocycles. The van der Waals surface area contributed by atoms with Crippen LogP contribution in [-0.2, 0) is 38.7 Å². The van der Waals surface area contributed by atoms with E-state index in [2.05, 4.69) is 58.0 Å². The Labute approximate surface area is 490 Å². The van der Waals surface area contributed by atoms with Crippen molar-refractivity contribution in [1.29, 1.82) is 0 Å². The number of halogens is 2. The molecule has 4 aromatic rings. The summed E-state index contributed by atoms with van der Waals surface area (Å²) < 4.78 is 74.1. The summed E-state index contributed by atoms with van der Waals surface area (Å²) in [4.78, 5) is 53.0. The number of piperidine rings is 2. The van der Waals surface area contributed by atoms with Crippen molar-refractivity contribution in [2.45, 2.75) is 88.1 Å².